The number of thiazole rings is 1. The third-order valence-electron chi connectivity index (χ3n) is 25.6. The van der Waals surface area contributed by atoms with Gasteiger partial charge in [0.2, 0.25) is 100 Å². The van der Waals surface area contributed by atoms with Gasteiger partial charge < -0.3 is 125 Å². The van der Waals surface area contributed by atoms with E-state index in [1.54, 1.807) is 101 Å². The van der Waals surface area contributed by atoms with Crippen molar-refractivity contribution in [1.29, 1.82) is 0 Å². The molecule has 21 N–H and O–H groups in total. The molecule has 7 aromatic rings. The van der Waals surface area contributed by atoms with Crippen molar-refractivity contribution in [2.24, 2.45) is 29.0 Å². The predicted octanol–water partition coefficient (Wildman–Crippen LogP) is 0.524. The lowest BCUT2D eigenvalue weighted by Gasteiger charge is -2.36. The number of hydrogen-bond donors (Lipinski definition) is 18. The summed E-state index contributed by atoms with van der Waals surface area (Å²) in [4.78, 5) is 279. The maximum atomic E-state index is 16.0. The van der Waals surface area contributed by atoms with Gasteiger partial charge in [0.15, 0.2) is 5.13 Å². The highest BCUT2D eigenvalue weighted by Gasteiger charge is 2.47. The summed E-state index contributed by atoms with van der Waals surface area (Å²) in [6, 6.07) is 4.85. The molecule has 15 atom stereocenters. The van der Waals surface area contributed by atoms with Gasteiger partial charge in [-0.2, -0.15) is 0 Å². The van der Waals surface area contributed by atoms with E-state index in [2.05, 4.69) is 68.5 Å². The van der Waals surface area contributed by atoms with E-state index >= 15 is 47.9 Å². The fourth-order valence-corrected chi connectivity index (χ4v) is 19.6. The Morgan fingerprint density at radius 3 is 1.80 bits per heavy atom. The summed E-state index contributed by atoms with van der Waals surface area (Å²) < 4.78 is 2.19. The zero-order valence-electron chi connectivity index (χ0n) is 82.0. The first-order chi connectivity index (χ1) is 68.1. The lowest BCUT2D eigenvalue weighted by atomic mass is 9.99. The van der Waals surface area contributed by atoms with E-state index in [4.69, 9.17) is 17.2 Å². The van der Waals surface area contributed by atoms with Gasteiger partial charge in [-0.25, -0.2) is 4.98 Å². The van der Waals surface area contributed by atoms with Crippen molar-refractivity contribution in [2.45, 2.75) is 248 Å². The molecule has 3 aliphatic heterocycles. The first-order valence-electron chi connectivity index (χ1n) is 48.2. The number of para-hydroxylation sites is 3. The molecular formula is C98H134N22O21S2. The van der Waals surface area contributed by atoms with Crippen LogP contribution in [0.5, 0.6) is 5.75 Å². The number of aliphatic carboxylic acids is 1. The van der Waals surface area contributed by atoms with E-state index in [9.17, 15) is 53.7 Å². The molecule has 3 aliphatic rings. The van der Waals surface area contributed by atoms with E-state index in [1.165, 1.54) is 79.3 Å². The molecular weight excluding hydrogens is 1890 g/mol. The molecule has 143 heavy (non-hydrogen) atoms. The molecule has 4 aromatic carbocycles. The molecule has 0 unspecified atom stereocenters. The smallest absolute Gasteiger partial charge is 0.323 e. The Morgan fingerprint density at radius 2 is 1.13 bits per heavy atom. The quantitative estimate of drug-likeness (QED) is 0.0318. The summed E-state index contributed by atoms with van der Waals surface area (Å²) in [7, 11) is 3.93. The number of aliphatic hydroxyl groups is 1. The second-order valence-electron chi connectivity index (χ2n) is 37.4. The van der Waals surface area contributed by atoms with E-state index in [1.807, 2.05) is 19.9 Å². The van der Waals surface area contributed by atoms with Crippen LogP contribution in [0.15, 0.2) is 109 Å². The number of carboxylic acids is 1. The molecule has 10 rings (SSSR count). The number of unbranched alkanes of at least 4 members (excludes halogenated alkanes) is 2. The van der Waals surface area contributed by atoms with Gasteiger partial charge in [0.1, 0.15) is 96.9 Å². The molecule has 0 radical (unpaired) electrons. The van der Waals surface area contributed by atoms with Crippen molar-refractivity contribution < 1.29 is 102 Å². The number of carbonyl (C=O) groups excluding carboxylic acids is 17. The Kier molecular flexibility index (Phi) is 40.6. The molecule has 6 heterocycles. The number of carboxylic acid groups (broad SMARTS) is 1. The molecule has 3 saturated heterocycles. The third-order valence-corrected chi connectivity index (χ3v) is 27.6. The van der Waals surface area contributed by atoms with Crippen LogP contribution in [-0.2, 0) is 112 Å². The van der Waals surface area contributed by atoms with Crippen LogP contribution in [0.25, 0.3) is 32.0 Å². The van der Waals surface area contributed by atoms with Crippen LogP contribution in [0, 0.1) is 11.8 Å². The van der Waals surface area contributed by atoms with E-state index < -0.39 is 248 Å². The highest BCUT2D eigenvalue weighted by molar-refractivity contribution is 8.00. The zero-order valence-corrected chi connectivity index (χ0v) is 83.7. The minimum Gasteiger partial charge on any atom is -0.508 e. The number of nitrogens with one attached hydrogen (secondary N) is 12. The van der Waals surface area contributed by atoms with Crippen molar-refractivity contribution >= 4 is 167 Å². The number of aromatic hydroxyl groups is 1. The number of aromatic nitrogens is 3. The number of aromatic amines is 1. The number of H-pyrrole nitrogens is 1. The average Bonchev–Trinajstić information content (AvgIpc) is 1.66. The molecule has 45 heteroatoms. The van der Waals surface area contributed by atoms with E-state index in [0.29, 0.717) is 74.8 Å². The second kappa shape index (κ2) is 52.3. The number of phenolic OH excluding ortho intramolecular Hbond substituents is 1. The Bertz CT molecular complexity index is 5720. The number of fused-ring (bicyclic) bond motifs is 5. The largest absolute Gasteiger partial charge is 0.508 e. The number of thioether (sulfide) groups is 1. The van der Waals surface area contributed by atoms with Gasteiger partial charge in [-0.15, -0.1) is 11.8 Å². The number of anilines is 1. The van der Waals surface area contributed by atoms with Crippen molar-refractivity contribution in [2.75, 3.05) is 70.7 Å². The molecule has 0 spiro atoms. The number of primary amides is 2. The Labute approximate surface area is 836 Å². The first-order valence-corrected chi connectivity index (χ1v) is 50.2. The lowest BCUT2D eigenvalue weighted by Crippen LogP contribution is -2.61. The van der Waals surface area contributed by atoms with Crippen molar-refractivity contribution in [1.82, 2.24) is 92.2 Å². The molecule has 0 aliphatic carbocycles. The summed E-state index contributed by atoms with van der Waals surface area (Å²) in [5, 5.41) is 63.6. The number of nitrogens with zero attached hydrogens (tertiary/aromatic N) is 7. The normalized spacial score (nSPS) is 24.1. The standard InChI is InChI=1S/C98H134N22O21S2/c1-11-13-26-75-90(134)107-66(38-53(3)4)87(131)113-73(85(129)103-47-81(101)124)51-142-52-82(125)105-69(40-56-31-33-59(121)34-32-56)93(137)115(8)55(7)84(128)109-71(44-80(100)123)95(139)119-37-21-29-76(119)91(135)112-72(46-104-98-114-64-25-18-20-30-79(64)143-98)89(133)110-68(39-54(5)6)96(140)120-49-60(122)43-78(120)92(136)108-67(41-57-45-102-63-24-17-15-22-61(57)63)88(132)106-65(35-36-99)86(130)111-70(94(138)117(10)77(27-14-12-2)97(141)116(75)9)42-58-48-118(50-83(126)127)74-28-19-16-23-62(58)74/h15-20,22-25,28,30-34,45,48,53-55,60,65-73,75-78,102,121-122H,11-14,21,26-27,29,35-44,46-47,49-52,99H2,1-10H3,(H2,100,123)(H2,101,124)(H,103,129)(H,104,114)(H,105,125)(H,106,132)(H,107,134)(H,108,136)(H,109,128)(H,110,133)(H,111,130)(H,112,135)(H,113,131)(H,126,127)/t55-,60+,65-,66-,67-,68-,69-,70-,71-,72-,73-,75-,76-,77-,78-/m0/s1. The topological polar surface area (TPSA) is 628 Å². The van der Waals surface area contributed by atoms with Crippen molar-refractivity contribution in [3.63, 3.8) is 0 Å². The van der Waals surface area contributed by atoms with E-state index in [-0.39, 0.29) is 94.9 Å². The number of phenols is 1. The summed E-state index contributed by atoms with van der Waals surface area (Å²) >= 11 is 2.00. The van der Waals surface area contributed by atoms with Crippen LogP contribution in [-0.4, -0.2) is 317 Å². The molecule has 3 aromatic heterocycles. The van der Waals surface area contributed by atoms with Crippen LogP contribution in [0.1, 0.15) is 149 Å². The van der Waals surface area contributed by atoms with Crippen LogP contribution in [0.2, 0.25) is 0 Å². The number of nitrogens with two attached hydrogens (primary N) is 3. The number of amides is 17. The Hall–Kier alpha value is -13.8. The zero-order chi connectivity index (χ0) is 104. The number of likely N-dealkylation sites (N-methyl/N-ethyl adjacent to an activating group) is 3. The van der Waals surface area contributed by atoms with Gasteiger partial charge in [-0.3, -0.25) is 86.3 Å². The number of rotatable bonds is 28. The second-order valence-corrected chi connectivity index (χ2v) is 39.5. The summed E-state index contributed by atoms with van der Waals surface area (Å²) in [5.74, 6) is -18.8. The number of benzene rings is 4. The first kappa shape index (κ1) is 111. The van der Waals surface area contributed by atoms with Crippen molar-refractivity contribution in [3.05, 3.63) is 126 Å². The van der Waals surface area contributed by atoms with Crippen LogP contribution < -0.4 is 75.7 Å². The van der Waals surface area contributed by atoms with Crippen molar-refractivity contribution in [3.8, 4) is 5.75 Å². The summed E-state index contributed by atoms with van der Waals surface area (Å²) in [5.41, 5.74) is 20.5. The fourth-order valence-electron chi connectivity index (χ4n) is 17.9. The maximum Gasteiger partial charge on any atom is 0.323 e. The third kappa shape index (κ3) is 30.4. The van der Waals surface area contributed by atoms with Crippen LogP contribution in [0.4, 0.5) is 5.13 Å². The van der Waals surface area contributed by atoms with Crippen LogP contribution >= 0.6 is 23.1 Å². The Morgan fingerprint density at radius 1 is 0.559 bits per heavy atom. The summed E-state index contributed by atoms with van der Waals surface area (Å²) in [6.45, 7) is 9.46. The number of carbonyl (C=O) groups is 18. The number of hydrogen-bond acceptors (Lipinski definition) is 25. The minimum absolute atomic E-state index is 0.000590. The van der Waals surface area contributed by atoms with Gasteiger partial charge in [-0.05, 0) is 123 Å². The molecule has 43 nitrogen and oxygen atoms in total. The van der Waals surface area contributed by atoms with Gasteiger partial charge >= 0.3 is 5.97 Å². The molecule has 774 valence electrons. The monoisotopic (exact) mass is 2020 g/mol. The molecule has 17 amide bonds. The molecule has 3 fully saturated rings. The highest BCUT2D eigenvalue weighted by atomic mass is 32.2. The van der Waals surface area contributed by atoms with E-state index in [0.717, 1.165) is 36.1 Å². The Balaban J connectivity index is 1.04. The van der Waals surface area contributed by atoms with Gasteiger partial charge in [0.25, 0.3) is 0 Å². The SMILES string of the molecule is CCCC[C@H]1C(=O)N(C)[C@@H](CCCC)C(=O)N[C@@H](CC(C)C)C(=O)N[C@H](C(=O)NCC(N)=O)CSCC(=O)N[C@@H](Cc2ccc(O)cc2)C(=O)N(C)[C@@H](C)C(=O)N[C@@H](CC(N)=O)C(=O)N2CCC[C@H]2C(=O)N[C@@H](CNc2nc3ccccc3s2)C(=O)N[C@@H](CC(C)C)C(=O)N2C[C@H](O)C[C@H]2C(=O)N[C@@H](Cc2c[nH]c3ccccc23)C(=O)N[C@@H](CCN)C(=O)N[C@@H](Cc2cn(CC(=O)O)c3ccccc23)C(=O)N1C. The van der Waals surface area contributed by atoms with Gasteiger partial charge in [0.05, 0.1) is 35.0 Å². The molecule has 0 saturated carbocycles. The average molecular weight is 2020 g/mol. The lowest BCUT2D eigenvalue weighted by molar-refractivity contribution is -0.149. The van der Waals surface area contributed by atoms with Crippen LogP contribution in [0.3, 0.4) is 0 Å². The van der Waals surface area contributed by atoms with Gasteiger partial charge in [0, 0.05) is 106 Å². The fraction of sp³-hybridized carbons (Fsp3) is 0.520. The van der Waals surface area contributed by atoms with Gasteiger partial charge in [-0.1, -0.05) is 139 Å². The predicted molar refractivity (Wildman–Crippen MR) is 534 cm³/mol. The molecule has 0 bridgehead atoms. The summed E-state index contributed by atoms with van der Waals surface area (Å²) in [6.07, 6.45) is 0.845. The highest BCUT2D eigenvalue weighted by Crippen LogP contribution is 2.31. The minimum atomic E-state index is -1.79. The maximum absolute atomic E-state index is 16.0. The number of aliphatic hydroxyl groups excluding tert-OH is 1.